The van der Waals surface area contributed by atoms with Crippen molar-refractivity contribution < 1.29 is 9.59 Å². The molecular weight excluding hydrogens is 304 g/mol. The predicted octanol–water partition coefficient (Wildman–Crippen LogP) is 1.43. The summed E-state index contributed by atoms with van der Waals surface area (Å²) in [5, 5.41) is 4.11. The highest BCUT2D eigenvalue weighted by molar-refractivity contribution is 5.89. The van der Waals surface area contributed by atoms with Gasteiger partial charge < -0.3 is 9.80 Å². The van der Waals surface area contributed by atoms with E-state index in [9.17, 15) is 9.59 Å². The van der Waals surface area contributed by atoms with Crippen LogP contribution in [0.1, 0.15) is 17.5 Å². The summed E-state index contributed by atoms with van der Waals surface area (Å²) >= 11 is 0. The van der Waals surface area contributed by atoms with Crippen LogP contribution in [0.2, 0.25) is 0 Å². The molecule has 0 bridgehead atoms. The Morgan fingerprint density at radius 2 is 2.04 bits per heavy atom. The molecule has 2 amide bonds. The molecule has 3 rings (SSSR count). The van der Waals surface area contributed by atoms with E-state index in [1.165, 1.54) is 0 Å². The van der Waals surface area contributed by atoms with Crippen molar-refractivity contribution in [1.82, 2.24) is 19.6 Å². The molecular formula is C18H22N4O2. The van der Waals surface area contributed by atoms with E-state index < -0.39 is 0 Å². The third kappa shape index (κ3) is 3.64. The van der Waals surface area contributed by atoms with Gasteiger partial charge in [0.2, 0.25) is 11.8 Å². The number of hydrogen-bond donors (Lipinski definition) is 0. The van der Waals surface area contributed by atoms with Crippen LogP contribution < -0.4 is 0 Å². The van der Waals surface area contributed by atoms with E-state index in [1.54, 1.807) is 27.7 Å². The Balaban J connectivity index is 1.59. The van der Waals surface area contributed by atoms with Crippen molar-refractivity contribution in [1.29, 1.82) is 0 Å². The number of aromatic nitrogens is 2. The van der Waals surface area contributed by atoms with Gasteiger partial charge in [0.25, 0.3) is 0 Å². The molecule has 0 aliphatic carbocycles. The molecule has 1 aliphatic rings. The molecule has 0 spiro atoms. The Hall–Kier alpha value is -2.63. The summed E-state index contributed by atoms with van der Waals surface area (Å²) in [7, 11) is 3.63. The van der Waals surface area contributed by atoms with Crippen molar-refractivity contribution in [3.63, 3.8) is 0 Å². The molecule has 1 aromatic heterocycles. The minimum absolute atomic E-state index is 0.0164. The number of rotatable bonds is 5. The lowest BCUT2D eigenvalue weighted by molar-refractivity contribution is -0.135. The maximum absolute atomic E-state index is 12.6. The number of aryl methyl sites for hydroxylation is 1. The van der Waals surface area contributed by atoms with E-state index in [-0.39, 0.29) is 17.7 Å². The molecule has 24 heavy (non-hydrogen) atoms. The first kappa shape index (κ1) is 16.2. The first-order valence-corrected chi connectivity index (χ1v) is 8.07. The molecule has 2 heterocycles. The third-order valence-electron chi connectivity index (χ3n) is 4.33. The number of likely N-dealkylation sites (tertiary alicyclic amines) is 1. The van der Waals surface area contributed by atoms with Gasteiger partial charge in [0, 0.05) is 51.9 Å². The summed E-state index contributed by atoms with van der Waals surface area (Å²) < 4.78 is 1.72. The zero-order chi connectivity index (χ0) is 17.1. The molecule has 6 heteroatoms. The third-order valence-corrected chi connectivity index (χ3v) is 4.33. The molecule has 1 aromatic carbocycles. The lowest BCUT2D eigenvalue weighted by Gasteiger charge is -2.21. The number of amides is 2. The SMILES string of the molecule is CN(Cc1cnn(C)c1)C(=O)[C@@H]1CC(=O)N(Cc2ccccc2)C1. The molecule has 0 saturated carbocycles. The summed E-state index contributed by atoms with van der Waals surface area (Å²) in [6.07, 6.45) is 3.94. The van der Waals surface area contributed by atoms with Gasteiger partial charge in [-0.25, -0.2) is 0 Å². The Morgan fingerprint density at radius 3 is 2.71 bits per heavy atom. The molecule has 1 fully saturated rings. The molecule has 1 saturated heterocycles. The predicted molar refractivity (Wildman–Crippen MR) is 89.6 cm³/mol. The van der Waals surface area contributed by atoms with Crippen molar-refractivity contribution in [3.8, 4) is 0 Å². The van der Waals surface area contributed by atoms with Gasteiger partial charge in [-0.3, -0.25) is 14.3 Å². The zero-order valence-electron chi connectivity index (χ0n) is 14.1. The van der Waals surface area contributed by atoms with Gasteiger partial charge in [-0.15, -0.1) is 0 Å². The number of carbonyl (C=O) groups excluding carboxylic acids is 2. The first-order chi connectivity index (χ1) is 11.5. The maximum Gasteiger partial charge on any atom is 0.228 e. The number of carbonyl (C=O) groups is 2. The van der Waals surface area contributed by atoms with Crippen LogP contribution in [0.4, 0.5) is 0 Å². The van der Waals surface area contributed by atoms with Crippen LogP contribution in [0.25, 0.3) is 0 Å². The van der Waals surface area contributed by atoms with Crippen LogP contribution in [-0.4, -0.2) is 45.0 Å². The minimum atomic E-state index is -0.261. The van der Waals surface area contributed by atoms with E-state index >= 15 is 0 Å². The average molecular weight is 326 g/mol. The quantitative estimate of drug-likeness (QED) is 0.835. The number of nitrogens with zero attached hydrogens (tertiary/aromatic N) is 4. The van der Waals surface area contributed by atoms with E-state index in [1.807, 2.05) is 43.6 Å². The molecule has 126 valence electrons. The Kier molecular flexibility index (Phi) is 4.64. The molecule has 6 nitrogen and oxygen atoms in total. The van der Waals surface area contributed by atoms with Gasteiger partial charge in [-0.05, 0) is 5.56 Å². The van der Waals surface area contributed by atoms with Crippen molar-refractivity contribution in [2.45, 2.75) is 19.5 Å². The fraction of sp³-hybridized carbons (Fsp3) is 0.389. The summed E-state index contributed by atoms with van der Waals surface area (Å²) in [5.41, 5.74) is 2.07. The fourth-order valence-electron chi connectivity index (χ4n) is 3.11. The van der Waals surface area contributed by atoms with Crippen LogP contribution in [-0.2, 0) is 29.7 Å². The minimum Gasteiger partial charge on any atom is -0.341 e. The van der Waals surface area contributed by atoms with Crippen LogP contribution in [0.15, 0.2) is 42.7 Å². The van der Waals surface area contributed by atoms with Crippen molar-refractivity contribution in [2.24, 2.45) is 13.0 Å². The highest BCUT2D eigenvalue weighted by Gasteiger charge is 2.35. The van der Waals surface area contributed by atoms with E-state index in [0.29, 0.717) is 26.1 Å². The molecule has 1 aliphatic heterocycles. The Bertz CT molecular complexity index is 726. The molecule has 0 unspecified atom stereocenters. The summed E-state index contributed by atoms with van der Waals surface area (Å²) in [4.78, 5) is 28.3. The molecule has 0 radical (unpaired) electrons. The van der Waals surface area contributed by atoms with Crippen molar-refractivity contribution >= 4 is 11.8 Å². The van der Waals surface area contributed by atoms with E-state index in [0.717, 1.165) is 11.1 Å². The lowest BCUT2D eigenvalue weighted by atomic mass is 10.1. The number of hydrogen-bond acceptors (Lipinski definition) is 3. The van der Waals surface area contributed by atoms with E-state index in [4.69, 9.17) is 0 Å². The van der Waals surface area contributed by atoms with Gasteiger partial charge in [0.1, 0.15) is 0 Å². The van der Waals surface area contributed by atoms with Gasteiger partial charge in [-0.2, -0.15) is 5.10 Å². The standard InChI is InChI=1S/C18H22N4O2/c1-20(10-15-9-19-21(2)11-15)18(24)16-8-17(23)22(13-16)12-14-6-4-3-5-7-14/h3-7,9,11,16H,8,10,12-13H2,1-2H3/t16-/m1/s1. The van der Waals surface area contributed by atoms with Crippen LogP contribution in [0, 0.1) is 5.92 Å². The second-order valence-electron chi connectivity index (χ2n) is 6.38. The molecule has 2 aromatic rings. The second-order valence-corrected chi connectivity index (χ2v) is 6.38. The van der Waals surface area contributed by atoms with Gasteiger partial charge in [-0.1, -0.05) is 30.3 Å². The Labute approximate surface area is 141 Å². The van der Waals surface area contributed by atoms with Crippen LogP contribution in [0.3, 0.4) is 0 Å². The topological polar surface area (TPSA) is 58.4 Å². The first-order valence-electron chi connectivity index (χ1n) is 8.07. The molecule has 0 N–H and O–H groups in total. The monoisotopic (exact) mass is 326 g/mol. The second kappa shape index (κ2) is 6.86. The average Bonchev–Trinajstić information content (AvgIpc) is 3.14. The lowest BCUT2D eigenvalue weighted by Crippen LogP contribution is -2.34. The normalized spacial score (nSPS) is 17.3. The van der Waals surface area contributed by atoms with Crippen LogP contribution >= 0.6 is 0 Å². The van der Waals surface area contributed by atoms with Gasteiger partial charge >= 0.3 is 0 Å². The van der Waals surface area contributed by atoms with Gasteiger partial charge in [0.05, 0.1) is 12.1 Å². The Morgan fingerprint density at radius 1 is 1.29 bits per heavy atom. The smallest absolute Gasteiger partial charge is 0.228 e. The fourth-order valence-corrected chi connectivity index (χ4v) is 3.11. The summed E-state index contributed by atoms with van der Waals surface area (Å²) in [5.74, 6) is -0.197. The molecule has 1 atom stereocenters. The largest absolute Gasteiger partial charge is 0.341 e. The number of benzene rings is 1. The van der Waals surface area contributed by atoms with Crippen molar-refractivity contribution in [2.75, 3.05) is 13.6 Å². The summed E-state index contributed by atoms with van der Waals surface area (Å²) in [6, 6.07) is 9.86. The highest BCUT2D eigenvalue weighted by atomic mass is 16.2. The van der Waals surface area contributed by atoms with Crippen LogP contribution in [0.5, 0.6) is 0 Å². The van der Waals surface area contributed by atoms with E-state index in [2.05, 4.69) is 5.10 Å². The summed E-state index contributed by atoms with van der Waals surface area (Å²) in [6.45, 7) is 1.57. The van der Waals surface area contributed by atoms with Gasteiger partial charge in [0.15, 0.2) is 0 Å². The maximum atomic E-state index is 12.6. The highest BCUT2D eigenvalue weighted by Crippen LogP contribution is 2.22. The zero-order valence-corrected chi connectivity index (χ0v) is 14.1. The van der Waals surface area contributed by atoms with Crippen molar-refractivity contribution in [3.05, 3.63) is 53.9 Å².